The Morgan fingerprint density at radius 1 is 1.21 bits per heavy atom. The summed E-state index contributed by atoms with van der Waals surface area (Å²) in [6.07, 6.45) is 2.44. The molecule has 3 fully saturated rings. The van der Waals surface area contributed by atoms with Gasteiger partial charge >= 0.3 is 0 Å². The van der Waals surface area contributed by atoms with Crippen LogP contribution in [0.4, 0.5) is 0 Å². The lowest BCUT2D eigenvalue weighted by atomic mass is 9.94. The van der Waals surface area contributed by atoms with E-state index >= 15 is 0 Å². The van der Waals surface area contributed by atoms with Crippen molar-refractivity contribution in [3.8, 4) is 0 Å². The van der Waals surface area contributed by atoms with E-state index in [1.165, 1.54) is 12.8 Å². The highest BCUT2D eigenvalue weighted by Gasteiger charge is 2.35. The fourth-order valence-electron chi connectivity index (χ4n) is 3.82. The van der Waals surface area contributed by atoms with Crippen molar-refractivity contribution in [1.82, 2.24) is 14.7 Å². The van der Waals surface area contributed by atoms with Gasteiger partial charge in [-0.1, -0.05) is 35.3 Å². The molecule has 1 aromatic carbocycles. The maximum atomic E-state index is 12.1. The highest BCUT2D eigenvalue weighted by Crippen LogP contribution is 2.32. The molecule has 0 aliphatic carbocycles. The predicted molar refractivity (Wildman–Crippen MR) is 98.5 cm³/mol. The molecule has 132 valence electrons. The van der Waals surface area contributed by atoms with Gasteiger partial charge in [-0.05, 0) is 30.4 Å². The molecule has 3 aliphatic heterocycles. The third-order valence-corrected chi connectivity index (χ3v) is 6.02. The second-order valence-corrected chi connectivity index (χ2v) is 8.01. The highest BCUT2D eigenvalue weighted by molar-refractivity contribution is 6.42. The zero-order valence-electron chi connectivity index (χ0n) is 14.3. The first kappa shape index (κ1) is 18.0. The number of halogens is 2. The Morgan fingerprint density at radius 3 is 2.75 bits per heavy atom. The topological polar surface area (TPSA) is 26.8 Å². The summed E-state index contributed by atoms with van der Waals surface area (Å²) in [6.45, 7) is 4.38. The van der Waals surface area contributed by atoms with Crippen LogP contribution in [0.3, 0.4) is 0 Å². The van der Waals surface area contributed by atoms with E-state index in [0.717, 1.165) is 31.7 Å². The molecule has 0 saturated carbocycles. The SMILES string of the molecule is CN(C)C(=O)CN1C[C@@H]2CC[C@H](C1)N(Cc1cccc(Cl)c1Cl)C2. The first-order chi connectivity index (χ1) is 11.4. The number of hydrogen-bond donors (Lipinski definition) is 0. The minimum atomic E-state index is 0.181. The van der Waals surface area contributed by atoms with Crippen molar-refractivity contribution in [2.45, 2.75) is 25.4 Å². The van der Waals surface area contributed by atoms with Crippen LogP contribution < -0.4 is 0 Å². The van der Waals surface area contributed by atoms with Gasteiger partial charge in [0, 0.05) is 46.3 Å². The molecule has 0 N–H and O–H groups in total. The largest absolute Gasteiger partial charge is 0.348 e. The van der Waals surface area contributed by atoms with Gasteiger partial charge in [0.15, 0.2) is 0 Å². The number of carbonyl (C=O) groups is 1. The van der Waals surface area contributed by atoms with Gasteiger partial charge in [-0.2, -0.15) is 0 Å². The van der Waals surface area contributed by atoms with Crippen LogP contribution in [-0.4, -0.2) is 66.9 Å². The van der Waals surface area contributed by atoms with Crippen molar-refractivity contribution in [3.05, 3.63) is 33.8 Å². The number of rotatable bonds is 4. The molecule has 1 amide bonds. The maximum Gasteiger partial charge on any atom is 0.236 e. The summed E-state index contributed by atoms with van der Waals surface area (Å²) in [5, 5.41) is 1.28. The second-order valence-electron chi connectivity index (χ2n) is 7.22. The number of likely N-dealkylation sites (N-methyl/N-ethyl adjacent to an activating group) is 1. The van der Waals surface area contributed by atoms with Gasteiger partial charge < -0.3 is 4.90 Å². The van der Waals surface area contributed by atoms with Crippen molar-refractivity contribution in [2.24, 2.45) is 5.92 Å². The van der Waals surface area contributed by atoms with Crippen LogP contribution in [0.5, 0.6) is 0 Å². The Labute approximate surface area is 154 Å². The van der Waals surface area contributed by atoms with Crippen LogP contribution in [0, 0.1) is 5.92 Å². The van der Waals surface area contributed by atoms with Crippen molar-refractivity contribution < 1.29 is 4.79 Å². The van der Waals surface area contributed by atoms with E-state index in [1.54, 1.807) is 4.90 Å². The van der Waals surface area contributed by atoms with Crippen molar-refractivity contribution in [1.29, 1.82) is 0 Å². The van der Waals surface area contributed by atoms with Gasteiger partial charge in [-0.3, -0.25) is 14.6 Å². The highest BCUT2D eigenvalue weighted by atomic mass is 35.5. The number of carbonyl (C=O) groups excluding carboxylic acids is 1. The summed E-state index contributed by atoms with van der Waals surface area (Å²) in [7, 11) is 3.64. The van der Waals surface area contributed by atoms with Crippen LogP contribution >= 0.6 is 23.2 Å². The van der Waals surface area contributed by atoms with Crippen molar-refractivity contribution >= 4 is 29.1 Å². The third kappa shape index (κ3) is 4.05. The number of piperidine rings is 1. The number of amides is 1. The fraction of sp³-hybridized carbons (Fsp3) is 0.611. The standard InChI is InChI=1S/C18H25Cl2N3O/c1-21(2)17(24)12-22-8-13-6-7-15(11-22)23(9-13)10-14-4-3-5-16(19)18(14)20/h3-5,13,15H,6-12H2,1-2H3/t13-,15+/m0/s1. The molecule has 6 heteroatoms. The summed E-state index contributed by atoms with van der Waals surface area (Å²) < 4.78 is 0. The molecule has 1 aromatic rings. The second kappa shape index (κ2) is 7.61. The van der Waals surface area contributed by atoms with Gasteiger partial charge in [0.2, 0.25) is 5.91 Å². The summed E-state index contributed by atoms with van der Waals surface area (Å²) in [5.74, 6) is 0.803. The molecule has 3 heterocycles. The zero-order chi connectivity index (χ0) is 17.3. The van der Waals surface area contributed by atoms with Crippen molar-refractivity contribution in [3.63, 3.8) is 0 Å². The number of nitrogens with zero attached hydrogens (tertiary/aromatic N) is 3. The summed E-state index contributed by atoms with van der Waals surface area (Å²) in [4.78, 5) is 18.6. The molecular weight excluding hydrogens is 345 g/mol. The molecular formula is C18H25Cl2N3O. The van der Waals surface area contributed by atoms with Gasteiger partial charge in [-0.15, -0.1) is 0 Å². The summed E-state index contributed by atoms with van der Waals surface area (Å²) in [5.41, 5.74) is 1.09. The zero-order valence-corrected chi connectivity index (χ0v) is 15.9. The van der Waals surface area contributed by atoms with Crippen LogP contribution in [-0.2, 0) is 11.3 Å². The average molecular weight is 370 g/mol. The van der Waals surface area contributed by atoms with Crippen molar-refractivity contribution in [2.75, 3.05) is 40.3 Å². The number of hydrogen-bond acceptors (Lipinski definition) is 3. The van der Waals surface area contributed by atoms with Crippen LogP contribution in [0.2, 0.25) is 10.0 Å². The molecule has 2 atom stereocenters. The Morgan fingerprint density at radius 2 is 2.00 bits per heavy atom. The maximum absolute atomic E-state index is 12.1. The number of fused-ring (bicyclic) bond motifs is 4. The lowest BCUT2D eigenvalue weighted by Crippen LogP contribution is -2.44. The Kier molecular flexibility index (Phi) is 5.70. The lowest BCUT2D eigenvalue weighted by molar-refractivity contribution is -0.130. The van der Waals surface area contributed by atoms with E-state index < -0.39 is 0 Å². The van der Waals surface area contributed by atoms with E-state index in [1.807, 2.05) is 26.2 Å². The molecule has 3 saturated heterocycles. The molecule has 2 bridgehead atoms. The normalized spacial score (nSPS) is 24.8. The lowest BCUT2D eigenvalue weighted by Gasteiger charge is -2.36. The monoisotopic (exact) mass is 369 g/mol. The molecule has 0 radical (unpaired) electrons. The van der Waals surface area contributed by atoms with E-state index in [2.05, 4.69) is 15.9 Å². The number of benzene rings is 1. The quantitative estimate of drug-likeness (QED) is 0.815. The first-order valence-corrected chi connectivity index (χ1v) is 9.29. The fourth-order valence-corrected chi connectivity index (χ4v) is 4.20. The molecule has 0 aromatic heterocycles. The van der Waals surface area contributed by atoms with Gasteiger partial charge in [0.1, 0.15) is 0 Å². The Balaban J connectivity index is 1.69. The summed E-state index contributed by atoms with van der Waals surface area (Å²) in [6, 6.07) is 6.33. The predicted octanol–water partition coefficient (Wildman–Crippen LogP) is 2.98. The first-order valence-electron chi connectivity index (χ1n) is 8.53. The third-order valence-electron chi connectivity index (χ3n) is 5.17. The van der Waals surface area contributed by atoms with Crippen LogP contribution in [0.1, 0.15) is 18.4 Å². The van der Waals surface area contributed by atoms with Gasteiger partial charge in [0.25, 0.3) is 0 Å². The smallest absolute Gasteiger partial charge is 0.236 e. The van der Waals surface area contributed by atoms with Crippen LogP contribution in [0.25, 0.3) is 0 Å². The molecule has 4 nitrogen and oxygen atoms in total. The molecule has 0 spiro atoms. The minimum absolute atomic E-state index is 0.181. The van der Waals surface area contributed by atoms with Gasteiger partial charge in [-0.25, -0.2) is 0 Å². The summed E-state index contributed by atoms with van der Waals surface area (Å²) >= 11 is 12.5. The molecule has 3 aliphatic rings. The Hall–Kier alpha value is -0.810. The molecule has 0 unspecified atom stereocenters. The molecule has 24 heavy (non-hydrogen) atoms. The van der Waals surface area contributed by atoms with E-state index in [-0.39, 0.29) is 5.91 Å². The van der Waals surface area contributed by atoms with Crippen LogP contribution in [0.15, 0.2) is 18.2 Å². The average Bonchev–Trinajstić information content (AvgIpc) is 2.82. The van der Waals surface area contributed by atoms with E-state index in [9.17, 15) is 4.79 Å². The van der Waals surface area contributed by atoms with E-state index in [4.69, 9.17) is 23.2 Å². The molecule has 4 rings (SSSR count). The van der Waals surface area contributed by atoms with Gasteiger partial charge in [0.05, 0.1) is 16.6 Å². The minimum Gasteiger partial charge on any atom is -0.348 e. The van der Waals surface area contributed by atoms with E-state index in [0.29, 0.717) is 28.5 Å². The Bertz CT molecular complexity index is 608.